The molecule has 2 nitrogen and oxygen atoms in total. The molecule has 0 unspecified atom stereocenters. The van der Waals surface area contributed by atoms with Crippen LogP contribution in [0.3, 0.4) is 0 Å². The van der Waals surface area contributed by atoms with E-state index in [0.717, 1.165) is 23.7 Å². The maximum absolute atomic E-state index is 11.7. The van der Waals surface area contributed by atoms with Gasteiger partial charge < -0.3 is 0 Å². The summed E-state index contributed by atoms with van der Waals surface area (Å²) in [6.07, 6.45) is 3.64. The normalized spacial score (nSPS) is 10.4. The van der Waals surface area contributed by atoms with Crippen LogP contribution in [-0.4, -0.2) is 11.6 Å². The fraction of sp³-hybridized carbons (Fsp3) is 0.500. The SMILES string of the molecule is CCCCCC(=O)CC(=O)c1cc(Br)cs1. The molecule has 0 spiro atoms. The van der Waals surface area contributed by atoms with Gasteiger partial charge in [0.25, 0.3) is 0 Å². The molecular weight excluding hydrogens is 288 g/mol. The zero-order valence-corrected chi connectivity index (χ0v) is 11.7. The first-order chi connectivity index (χ1) is 7.63. The number of carbonyl (C=O) groups excluding carboxylic acids is 2. The molecule has 0 aliphatic rings. The summed E-state index contributed by atoms with van der Waals surface area (Å²) in [6.45, 7) is 2.10. The summed E-state index contributed by atoms with van der Waals surface area (Å²) in [5.74, 6) is 0.000158. The number of Topliss-reactive ketones (excluding diaryl/α,β-unsaturated/α-hetero) is 2. The van der Waals surface area contributed by atoms with Gasteiger partial charge in [0.2, 0.25) is 0 Å². The highest BCUT2D eigenvalue weighted by molar-refractivity contribution is 9.10. The molecule has 88 valence electrons. The van der Waals surface area contributed by atoms with Crippen LogP contribution in [0.1, 0.15) is 48.7 Å². The number of hydrogen-bond acceptors (Lipinski definition) is 3. The molecule has 0 bridgehead atoms. The lowest BCUT2D eigenvalue weighted by Gasteiger charge is -1.98. The molecule has 1 aromatic heterocycles. The summed E-state index contributed by atoms with van der Waals surface area (Å²) < 4.78 is 0.902. The van der Waals surface area contributed by atoms with Gasteiger partial charge in [-0.3, -0.25) is 9.59 Å². The van der Waals surface area contributed by atoms with Crippen LogP contribution >= 0.6 is 27.3 Å². The number of ketones is 2. The number of rotatable bonds is 7. The van der Waals surface area contributed by atoms with Crippen molar-refractivity contribution >= 4 is 38.8 Å². The van der Waals surface area contributed by atoms with E-state index in [1.807, 2.05) is 5.38 Å². The monoisotopic (exact) mass is 302 g/mol. The molecule has 0 aromatic carbocycles. The van der Waals surface area contributed by atoms with Crippen molar-refractivity contribution in [1.29, 1.82) is 0 Å². The number of hydrogen-bond donors (Lipinski definition) is 0. The Kier molecular flexibility index (Phi) is 5.91. The molecule has 0 saturated carbocycles. The minimum absolute atomic E-state index is 0.0522. The highest BCUT2D eigenvalue weighted by Crippen LogP contribution is 2.21. The van der Waals surface area contributed by atoms with E-state index in [-0.39, 0.29) is 18.0 Å². The van der Waals surface area contributed by atoms with E-state index in [0.29, 0.717) is 11.3 Å². The Morgan fingerprint density at radius 3 is 2.69 bits per heavy atom. The van der Waals surface area contributed by atoms with Gasteiger partial charge in [-0.15, -0.1) is 11.3 Å². The third kappa shape index (κ3) is 4.58. The number of thiophene rings is 1. The Morgan fingerprint density at radius 2 is 2.12 bits per heavy atom. The van der Waals surface area contributed by atoms with Crippen molar-refractivity contribution in [3.8, 4) is 0 Å². The maximum Gasteiger partial charge on any atom is 0.180 e. The minimum atomic E-state index is -0.0581. The van der Waals surface area contributed by atoms with Gasteiger partial charge in [0.15, 0.2) is 5.78 Å². The Hall–Kier alpha value is -0.480. The van der Waals surface area contributed by atoms with Crippen LogP contribution in [-0.2, 0) is 4.79 Å². The Bertz CT molecular complexity index is 371. The molecule has 1 rings (SSSR count). The summed E-state index contributed by atoms with van der Waals surface area (Å²) >= 11 is 4.67. The summed E-state index contributed by atoms with van der Waals surface area (Å²) in [5.41, 5.74) is 0. The second-order valence-electron chi connectivity index (χ2n) is 3.72. The van der Waals surface area contributed by atoms with Crippen LogP contribution in [0.2, 0.25) is 0 Å². The molecule has 0 fully saturated rings. The molecule has 0 saturated heterocycles. The lowest BCUT2D eigenvalue weighted by Crippen LogP contribution is -2.06. The van der Waals surface area contributed by atoms with Crippen LogP contribution in [0.5, 0.6) is 0 Å². The summed E-state index contributed by atoms with van der Waals surface area (Å²) in [4.78, 5) is 23.8. The van der Waals surface area contributed by atoms with Gasteiger partial charge in [-0.05, 0) is 28.4 Å². The largest absolute Gasteiger partial charge is 0.299 e. The van der Waals surface area contributed by atoms with Crippen molar-refractivity contribution in [2.45, 2.75) is 39.0 Å². The first-order valence-corrected chi connectivity index (χ1v) is 7.09. The number of carbonyl (C=O) groups is 2. The van der Waals surface area contributed by atoms with Crippen molar-refractivity contribution in [3.63, 3.8) is 0 Å². The molecule has 0 amide bonds. The topological polar surface area (TPSA) is 34.1 Å². The summed E-state index contributed by atoms with van der Waals surface area (Å²) in [7, 11) is 0. The average molecular weight is 303 g/mol. The van der Waals surface area contributed by atoms with Crippen molar-refractivity contribution in [2.24, 2.45) is 0 Å². The fourth-order valence-corrected chi connectivity index (χ4v) is 2.75. The molecule has 0 aliphatic carbocycles. The smallest absolute Gasteiger partial charge is 0.180 e. The zero-order chi connectivity index (χ0) is 12.0. The van der Waals surface area contributed by atoms with Crippen molar-refractivity contribution < 1.29 is 9.59 Å². The Labute approximate surface area is 108 Å². The maximum atomic E-state index is 11.7. The van der Waals surface area contributed by atoms with Crippen molar-refractivity contribution in [2.75, 3.05) is 0 Å². The molecule has 1 heterocycles. The Morgan fingerprint density at radius 1 is 1.38 bits per heavy atom. The van der Waals surface area contributed by atoms with E-state index < -0.39 is 0 Å². The van der Waals surface area contributed by atoms with Gasteiger partial charge in [-0.1, -0.05) is 19.8 Å². The molecule has 0 N–H and O–H groups in total. The van der Waals surface area contributed by atoms with Gasteiger partial charge in [0.05, 0.1) is 11.3 Å². The van der Waals surface area contributed by atoms with E-state index >= 15 is 0 Å². The predicted molar refractivity (Wildman–Crippen MR) is 70.1 cm³/mol. The number of unbranched alkanes of at least 4 members (excludes halogenated alkanes) is 2. The van der Waals surface area contributed by atoms with Gasteiger partial charge in [0.1, 0.15) is 5.78 Å². The molecule has 0 aliphatic heterocycles. The minimum Gasteiger partial charge on any atom is -0.299 e. The molecule has 16 heavy (non-hydrogen) atoms. The average Bonchev–Trinajstić information content (AvgIpc) is 2.65. The highest BCUT2D eigenvalue weighted by Gasteiger charge is 2.13. The van der Waals surface area contributed by atoms with Crippen LogP contribution in [0.4, 0.5) is 0 Å². The van der Waals surface area contributed by atoms with Crippen molar-refractivity contribution in [1.82, 2.24) is 0 Å². The van der Waals surface area contributed by atoms with Crippen LogP contribution in [0, 0.1) is 0 Å². The fourth-order valence-electron chi connectivity index (χ4n) is 1.39. The molecule has 4 heteroatoms. The van der Waals surface area contributed by atoms with E-state index in [9.17, 15) is 9.59 Å². The summed E-state index contributed by atoms with van der Waals surface area (Å²) in [5, 5.41) is 1.86. The Balaban J connectivity index is 2.37. The quantitative estimate of drug-likeness (QED) is 0.429. The molecule has 0 radical (unpaired) electrons. The first-order valence-electron chi connectivity index (χ1n) is 5.42. The highest BCUT2D eigenvalue weighted by atomic mass is 79.9. The number of halogens is 1. The molecule has 0 atom stereocenters. The van der Waals surface area contributed by atoms with Crippen LogP contribution in [0.15, 0.2) is 15.9 Å². The lowest BCUT2D eigenvalue weighted by atomic mass is 10.1. The van der Waals surface area contributed by atoms with E-state index in [2.05, 4.69) is 22.9 Å². The second-order valence-corrected chi connectivity index (χ2v) is 5.55. The first kappa shape index (κ1) is 13.6. The second kappa shape index (κ2) is 6.97. The molecule has 1 aromatic rings. The van der Waals surface area contributed by atoms with Gasteiger partial charge in [-0.2, -0.15) is 0 Å². The zero-order valence-electron chi connectivity index (χ0n) is 9.29. The van der Waals surface area contributed by atoms with Crippen molar-refractivity contribution in [3.05, 3.63) is 20.8 Å². The summed E-state index contributed by atoms with van der Waals surface area (Å²) in [6, 6.07) is 1.77. The lowest BCUT2D eigenvalue weighted by molar-refractivity contribution is -0.118. The standard InChI is InChI=1S/C12H15BrO2S/c1-2-3-4-5-10(14)7-11(15)12-6-9(13)8-16-12/h6,8H,2-5,7H2,1H3. The van der Waals surface area contributed by atoms with E-state index in [4.69, 9.17) is 0 Å². The van der Waals surface area contributed by atoms with Gasteiger partial charge >= 0.3 is 0 Å². The van der Waals surface area contributed by atoms with Crippen LogP contribution in [0.25, 0.3) is 0 Å². The van der Waals surface area contributed by atoms with Gasteiger partial charge in [0, 0.05) is 16.3 Å². The van der Waals surface area contributed by atoms with Crippen LogP contribution < -0.4 is 0 Å². The van der Waals surface area contributed by atoms with E-state index in [1.54, 1.807) is 6.07 Å². The third-order valence-electron chi connectivity index (χ3n) is 2.26. The van der Waals surface area contributed by atoms with E-state index in [1.165, 1.54) is 11.3 Å². The third-order valence-corrected chi connectivity index (χ3v) is 3.99. The molecular formula is C12H15BrO2S. The predicted octanol–water partition coefficient (Wildman–Crippen LogP) is 4.23. The van der Waals surface area contributed by atoms with Gasteiger partial charge in [-0.25, -0.2) is 0 Å².